The molecule has 0 saturated carbocycles. The Balaban J connectivity index is 0.000000135. The third-order valence-corrected chi connectivity index (χ3v) is 19.8. The van der Waals surface area contributed by atoms with E-state index in [4.69, 9.17) is 0 Å². The molecule has 4 nitrogen and oxygen atoms in total. The van der Waals surface area contributed by atoms with Gasteiger partial charge in [0.05, 0.1) is 49.8 Å². The van der Waals surface area contributed by atoms with Crippen molar-refractivity contribution in [2.24, 2.45) is 0 Å². The number of fused-ring (bicyclic) bond motifs is 14. The van der Waals surface area contributed by atoms with Crippen LogP contribution in [-0.2, 0) is 0 Å². The fraction of sp³-hybridized carbons (Fsp3) is 0. The SMILES string of the molecule is c1ccc(-c2ccc3c4cc(-c5ccc6c(c5)c5ccccc5n6-c5cccc6ccccc56)ccc4n(-c4ccccc4)c3c2)cc1.c1ccc(-n2c3ccccc3c3cc(-c4ccc5c(c4)c4ccccc4n5-c4ccc(-c5ccc6ccccc6c5)cc4)ccc32)cc1. The highest BCUT2D eigenvalue weighted by Crippen LogP contribution is 2.43. The molecule has 0 aliphatic rings. The molecule has 4 heterocycles. The van der Waals surface area contributed by atoms with E-state index in [1.807, 2.05) is 0 Å². The first-order valence-corrected chi connectivity index (χ1v) is 33.0. The second-order valence-electron chi connectivity index (χ2n) is 25.2. The number of rotatable bonds is 8. The second kappa shape index (κ2) is 22.5. The molecule has 0 fully saturated rings. The highest BCUT2D eigenvalue weighted by atomic mass is 15.0. The van der Waals surface area contributed by atoms with Gasteiger partial charge in [-0.2, -0.15) is 0 Å². The van der Waals surface area contributed by atoms with Crippen molar-refractivity contribution in [3.05, 3.63) is 364 Å². The van der Waals surface area contributed by atoms with E-state index in [1.165, 1.54) is 165 Å². The maximum absolute atomic E-state index is 2.43. The molecule has 96 heavy (non-hydrogen) atoms. The number of hydrogen-bond acceptors (Lipinski definition) is 0. The summed E-state index contributed by atoms with van der Waals surface area (Å²) in [7, 11) is 0. The Hall–Kier alpha value is -12.8. The third-order valence-electron chi connectivity index (χ3n) is 19.8. The van der Waals surface area contributed by atoms with Gasteiger partial charge >= 0.3 is 0 Å². The van der Waals surface area contributed by atoms with Crippen LogP contribution >= 0.6 is 0 Å². The third kappa shape index (κ3) is 9.06. The molecule has 0 N–H and O–H groups in total. The Kier molecular flexibility index (Phi) is 12.9. The zero-order valence-electron chi connectivity index (χ0n) is 52.4. The van der Waals surface area contributed by atoms with E-state index in [-0.39, 0.29) is 0 Å². The molecular weight excluding hydrogens is 1160 g/mol. The first-order valence-electron chi connectivity index (χ1n) is 33.0. The van der Waals surface area contributed by atoms with Crippen molar-refractivity contribution in [2.75, 3.05) is 0 Å². The maximum atomic E-state index is 2.43. The molecule has 16 aromatic carbocycles. The van der Waals surface area contributed by atoms with Gasteiger partial charge in [-0.05, 0) is 182 Å². The minimum atomic E-state index is 1.16. The Morgan fingerprint density at radius 1 is 0.135 bits per heavy atom. The fourth-order valence-electron chi connectivity index (χ4n) is 15.3. The minimum absolute atomic E-state index is 1.16. The van der Waals surface area contributed by atoms with Gasteiger partial charge in [0.1, 0.15) is 0 Å². The summed E-state index contributed by atoms with van der Waals surface area (Å²) in [5.41, 5.74) is 24.2. The van der Waals surface area contributed by atoms with E-state index in [0.29, 0.717) is 0 Å². The Morgan fingerprint density at radius 2 is 0.458 bits per heavy atom. The molecule has 0 atom stereocenters. The van der Waals surface area contributed by atoms with Crippen molar-refractivity contribution in [3.63, 3.8) is 0 Å². The van der Waals surface area contributed by atoms with Crippen LogP contribution in [0.4, 0.5) is 0 Å². The number of aromatic nitrogens is 4. The van der Waals surface area contributed by atoms with Crippen molar-refractivity contribution < 1.29 is 0 Å². The number of hydrogen-bond donors (Lipinski definition) is 0. The van der Waals surface area contributed by atoms with E-state index in [2.05, 4.69) is 382 Å². The molecule has 20 aromatic rings. The van der Waals surface area contributed by atoms with Gasteiger partial charge in [0, 0.05) is 65.5 Å². The molecule has 0 amide bonds. The Morgan fingerprint density at radius 3 is 0.990 bits per heavy atom. The van der Waals surface area contributed by atoms with Crippen LogP contribution in [-0.4, -0.2) is 18.3 Å². The fourth-order valence-corrected chi connectivity index (χ4v) is 15.3. The Bertz CT molecular complexity index is 6420. The lowest BCUT2D eigenvalue weighted by molar-refractivity contribution is 1.18. The van der Waals surface area contributed by atoms with E-state index < -0.39 is 0 Å². The highest BCUT2D eigenvalue weighted by Gasteiger charge is 2.20. The summed E-state index contributed by atoms with van der Waals surface area (Å²) in [5, 5.41) is 15.1. The molecule has 0 aliphatic heterocycles. The molecule has 0 aliphatic carbocycles. The van der Waals surface area contributed by atoms with E-state index >= 15 is 0 Å². The predicted octanol–water partition coefficient (Wildman–Crippen LogP) is 24.7. The largest absolute Gasteiger partial charge is 0.309 e. The molecule has 0 radical (unpaired) electrons. The Labute approximate surface area is 554 Å². The van der Waals surface area contributed by atoms with Gasteiger partial charge < -0.3 is 18.3 Å². The first kappa shape index (κ1) is 54.9. The van der Waals surface area contributed by atoms with Crippen molar-refractivity contribution in [1.29, 1.82) is 0 Å². The summed E-state index contributed by atoms with van der Waals surface area (Å²) in [5.74, 6) is 0. The molecule has 0 spiro atoms. The topological polar surface area (TPSA) is 19.7 Å². The maximum Gasteiger partial charge on any atom is 0.0547 e. The van der Waals surface area contributed by atoms with Gasteiger partial charge in [0.25, 0.3) is 0 Å². The van der Waals surface area contributed by atoms with Gasteiger partial charge in [-0.25, -0.2) is 0 Å². The lowest BCUT2D eigenvalue weighted by Gasteiger charge is -2.12. The lowest BCUT2D eigenvalue weighted by atomic mass is 9.99. The van der Waals surface area contributed by atoms with Gasteiger partial charge in [-0.1, -0.05) is 243 Å². The smallest absolute Gasteiger partial charge is 0.0547 e. The van der Waals surface area contributed by atoms with E-state index in [0.717, 1.165) is 11.4 Å². The van der Waals surface area contributed by atoms with Crippen LogP contribution in [0.1, 0.15) is 0 Å². The normalized spacial score (nSPS) is 11.8. The summed E-state index contributed by atoms with van der Waals surface area (Å²) in [6, 6.07) is 132. The highest BCUT2D eigenvalue weighted by molar-refractivity contribution is 6.16. The van der Waals surface area contributed by atoms with Crippen LogP contribution in [0.25, 0.3) is 176 Å². The number of nitrogens with zero attached hydrogens (tertiary/aromatic N) is 4. The van der Waals surface area contributed by atoms with Crippen LogP contribution in [0.5, 0.6) is 0 Å². The summed E-state index contributed by atoms with van der Waals surface area (Å²) < 4.78 is 9.60. The summed E-state index contributed by atoms with van der Waals surface area (Å²) in [6.07, 6.45) is 0. The van der Waals surface area contributed by atoms with Crippen molar-refractivity contribution in [2.45, 2.75) is 0 Å². The monoisotopic (exact) mass is 1220 g/mol. The van der Waals surface area contributed by atoms with Crippen LogP contribution in [0.15, 0.2) is 364 Å². The van der Waals surface area contributed by atoms with Gasteiger partial charge in [-0.3, -0.25) is 0 Å². The standard InChI is InChI=1S/2C46H30N2/c1-3-12-31(13-4-1)35-22-25-39-41-29-33(23-26-44(41)47(46(39)30-35)36-16-5-2-6-17-36)34-24-27-45-40(28-34)38-19-9-10-20-43(38)48(45)42-21-11-15-32-14-7-8-18-37(32)42;1-2-12-37(13-3-1)47-43-16-8-6-14-39(43)41-29-35(22-26-45(41)47)36-23-27-46-42(30-36)40-15-7-9-17-44(40)48(46)38-24-20-32(21-25-38)34-19-18-31-10-4-5-11-33(31)28-34/h2*1-30H. The molecule has 0 saturated heterocycles. The van der Waals surface area contributed by atoms with Crippen molar-refractivity contribution in [1.82, 2.24) is 18.3 Å². The molecule has 20 rings (SSSR count). The second-order valence-corrected chi connectivity index (χ2v) is 25.2. The lowest BCUT2D eigenvalue weighted by Crippen LogP contribution is -1.95. The van der Waals surface area contributed by atoms with Gasteiger partial charge in [-0.15, -0.1) is 0 Å². The van der Waals surface area contributed by atoms with Crippen LogP contribution in [0.2, 0.25) is 0 Å². The van der Waals surface area contributed by atoms with Crippen molar-refractivity contribution >= 4 is 109 Å². The first-order chi connectivity index (χ1) is 47.6. The van der Waals surface area contributed by atoms with Crippen LogP contribution < -0.4 is 0 Å². The quantitative estimate of drug-likeness (QED) is 0.144. The van der Waals surface area contributed by atoms with E-state index in [1.54, 1.807) is 0 Å². The van der Waals surface area contributed by atoms with E-state index in [9.17, 15) is 0 Å². The average Bonchev–Trinajstić information content (AvgIpc) is 1.65. The molecule has 4 heteroatoms. The van der Waals surface area contributed by atoms with Crippen LogP contribution in [0.3, 0.4) is 0 Å². The number of benzene rings is 16. The predicted molar refractivity (Wildman–Crippen MR) is 407 cm³/mol. The number of para-hydroxylation sites is 5. The van der Waals surface area contributed by atoms with Crippen molar-refractivity contribution in [3.8, 4) is 67.3 Å². The molecule has 448 valence electrons. The molecular formula is C92H60N4. The molecule has 0 unspecified atom stereocenters. The summed E-state index contributed by atoms with van der Waals surface area (Å²) >= 11 is 0. The average molecular weight is 1220 g/mol. The zero-order chi connectivity index (χ0) is 63.2. The molecule has 0 bridgehead atoms. The van der Waals surface area contributed by atoms with Gasteiger partial charge in [0.2, 0.25) is 0 Å². The van der Waals surface area contributed by atoms with Crippen LogP contribution in [0, 0.1) is 0 Å². The summed E-state index contributed by atoms with van der Waals surface area (Å²) in [6.45, 7) is 0. The van der Waals surface area contributed by atoms with Gasteiger partial charge in [0.15, 0.2) is 0 Å². The minimum Gasteiger partial charge on any atom is -0.309 e. The summed E-state index contributed by atoms with van der Waals surface area (Å²) in [4.78, 5) is 0. The molecule has 4 aromatic heterocycles. The zero-order valence-corrected chi connectivity index (χ0v) is 52.4.